The number of halogens is 1. The third-order valence-electron chi connectivity index (χ3n) is 1.58. The minimum atomic E-state index is -3.79. The average Bonchev–Trinajstić information content (AvgIpc) is 1.99. The number of alkyl halides is 1. The van der Waals surface area contributed by atoms with Crippen molar-refractivity contribution in [2.24, 2.45) is 0 Å². The maximum Gasteiger partial charge on any atom is 0.473 e. The minimum Gasteiger partial charge on any atom is -0.302 e. The van der Waals surface area contributed by atoms with Crippen molar-refractivity contribution in [3.8, 4) is 0 Å². The van der Waals surface area contributed by atoms with Crippen LogP contribution in [0.25, 0.3) is 0 Å². The summed E-state index contributed by atoms with van der Waals surface area (Å²) in [6.07, 6.45) is 3.55. The van der Waals surface area contributed by atoms with Gasteiger partial charge in [0.1, 0.15) is 5.01 Å². The van der Waals surface area contributed by atoms with Crippen molar-refractivity contribution >= 4 is 23.8 Å². The molecule has 72 valence electrons. The monoisotopic (exact) mass is 258 g/mol. The van der Waals surface area contributed by atoms with Crippen LogP contribution in [0.2, 0.25) is 0 Å². The van der Waals surface area contributed by atoms with Crippen LogP contribution in [-0.2, 0) is 13.6 Å². The summed E-state index contributed by atoms with van der Waals surface area (Å²) in [6, 6.07) is 0. The third kappa shape index (κ3) is 4.01. The van der Waals surface area contributed by atoms with Gasteiger partial charge in [-0.05, 0) is 19.3 Å². The molecule has 1 heterocycles. The van der Waals surface area contributed by atoms with Gasteiger partial charge in [0.25, 0.3) is 0 Å². The number of hydrogen-bond acceptors (Lipinski definition) is 3. The summed E-state index contributed by atoms with van der Waals surface area (Å²) in [5, 5.41) is -0.369. The molecular weight excluding hydrogens is 247 g/mol. The van der Waals surface area contributed by atoms with E-state index in [0.717, 1.165) is 25.7 Å². The van der Waals surface area contributed by atoms with Crippen molar-refractivity contribution in [2.75, 3.05) is 6.61 Å². The molecular formula is C6H12BrO4P. The van der Waals surface area contributed by atoms with Gasteiger partial charge in [0.05, 0.1) is 6.61 Å². The molecule has 1 aliphatic rings. The first-order valence-electron chi connectivity index (χ1n) is 3.90. The molecule has 0 spiro atoms. The molecule has 0 radical (unpaired) electrons. The Balaban J connectivity index is 2.49. The number of phosphoric ester groups is 1. The molecule has 1 saturated heterocycles. The lowest BCUT2D eigenvalue weighted by Gasteiger charge is -2.13. The molecule has 1 fully saturated rings. The summed E-state index contributed by atoms with van der Waals surface area (Å²) < 4.78 is 20.5. The molecule has 0 aliphatic carbocycles. The lowest BCUT2D eigenvalue weighted by Crippen LogP contribution is -2.02. The van der Waals surface area contributed by atoms with Crippen molar-refractivity contribution in [1.82, 2.24) is 0 Å². The number of phosphoric acid groups is 1. The average molecular weight is 259 g/mol. The lowest BCUT2D eigenvalue weighted by atomic mass is 10.2. The van der Waals surface area contributed by atoms with Crippen molar-refractivity contribution in [3.05, 3.63) is 0 Å². The highest BCUT2D eigenvalue weighted by Crippen LogP contribution is 2.47. The Morgan fingerprint density at radius 1 is 1.42 bits per heavy atom. The molecule has 1 rings (SSSR count). The van der Waals surface area contributed by atoms with Crippen LogP contribution in [0.1, 0.15) is 25.7 Å². The largest absolute Gasteiger partial charge is 0.473 e. The number of hydrogen-bond donors (Lipinski definition) is 1. The molecule has 6 heteroatoms. The molecule has 0 saturated carbocycles. The van der Waals surface area contributed by atoms with E-state index in [1.165, 1.54) is 0 Å². The van der Waals surface area contributed by atoms with Crippen LogP contribution in [-0.4, -0.2) is 16.5 Å². The van der Waals surface area contributed by atoms with Crippen LogP contribution in [0.3, 0.4) is 0 Å². The van der Waals surface area contributed by atoms with E-state index in [9.17, 15) is 4.57 Å². The molecule has 0 amide bonds. The molecule has 0 aromatic heterocycles. The minimum absolute atomic E-state index is 0.299. The highest BCUT2D eigenvalue weighted by molar-refractivity contribution is 9.09. The second-order valence-corrected chi connectivity index (χ2v) is 5.09. The van der Waals surface area contributed by atoms with E-state index in [4.69, 9.17) is 9.42 Å². The summed E-state index contributed by atoms with van der Waals surface area (Å²) in [5.74, 6) is 0. The van der Waals surface area contributed by atoms with Gasteiger partial charge in [-0.1, -0.05) is 22.4 Å². The molecule has 0 aromatic rings. The van der Waals surface area contributed by atoms with Gasteiger partial charge >= 0.3 is 7.82 Å². The topological polar surface area (TPSA) is 55.8 Å². The first kappa shape index (κ1) is 10.7. The fourth-order valence-electron chi connectivity index (χ4n) is 0.991. The predicted octanol–water partition coefficient (Wildman–Crippen LogP) is 2.42. The zero-order chi connectivity index (χ0) is 9.03. The lowest BCUT2D eigenvalue weighted by molar-refractivity contribution is 0.144. The summed E-state index contributed by atoms with van der Waals surface area (Å²) >= 11 is 3.15. The third-order valence-corrected chi connectivity index (χ3v) is 3.54. The summed E-state index contributed by atoms with van der Waals surface area (Å²) in [6.45, 7) is 0.299. The van der Waals surface area contributed by atoms with Gasteiger partial charge in [-0.2, -0.15) is 0 Å². The van der Waals surface area contributed by atoms with Crippen molar-refractivity contribution in [1.29, 1.82) is 0 Å². The van der Waals surface area contributed by atoms with Gasteiger partial charge in [0.2, 0.25) is 0 Å². The van der Waals surface area contributed by atoms with Crippen molar-refractivity contribution in [3.63, 3.8) is 0 Å². The zero-order valence-corrected chi connectivity index (χ0v) is 9.09. The Labute approximate surface area is 80.0 Å². The summed E-state index contributed by atoms with van der Waals surface area (Å²) in [4.78, 5) is 9.06. The molecule has 2 atom stereocenters. The van der Waals surface area contributed by atoms with Gasteiger partial charge < -0.3 is 4.89 Å². The molecule has 4 nitrogen and oxygen atoms in total. The Hall–Kier alpha value is 0.590. The number of rotatable bonds is 0. The molecule has 1 aliphatic heterocycles. The van der Waals surface area contributed by atoms with E-state index >= 15 is 0 Å². The van der Waals surface area contributed by atoms with Crippen molar-refractivity contribution < 1.29 is 18.5 Å². The Kier molecular flexibility index (Phi) is 4.20. The molecule has 2 unspecified atom stereocenters. The highest BCUT2D eigenvalue weighted by atomic mass is 79.9. The molecule has 1 N–H and O–H groups in total. The Morgan fingerprint density at radius 3 is 2.92 bits per heavy atom. The smallest absolute Gasteiger partial charge is 0.302 e. The fourth-order valence-corrected chi connectivity index (χ4v) is 2.76. The molecule has 0 bridgehead atoms. The van der Waals surface area contributed by atoms with Gasteiger partial charge in [0.15, 0.2) is 0 Å². The maximum absolute atomic E-state index is 11.1. The first-order chi connectivity index (χ1) is 5.60. The van der Waals surface area contributed by atoms with Gasteiger partial charge in [-0.25, -0.2) is 4.57 Å². The molecule has 0 aromatic carbocycles. The quantitative estimate of drug-likeness (QED) is 0.536. The second kappa shape index (κ2) is 4.72. The van der Waals surface area contributed by atoms with Crippen LogP contribution in [0.4, 0.5) is 0 Å². The fraction of sp³-hybridized carbons (Fsp3) is 1.00. The highest BCUT2D eigenvalue weighted by Gasteiger charge is 2.25. The Morgan fingerprint density at radius 2 is 2.17 bits per heavy atom. The maximum atomic E-state index is 11.1. The second-order valence-electron chi connectivity index (χ2n) is 2.67. The Bertz CT molecular complexity index is 186. The van der Waals surface area contributed by atoms with Crippen molar-refractivity contribution in [2.45, 2.75) is 30.7 Å². The summed E-state index contributed by atoms with van der Waals surface area (Å²) in [5.41, 5.74) is 0. The van der Waals surface area contributed by atoms with E-state index in [0.29, 0.717) is 6.61 Å². The van der Waals surface area contributed by atoms with Gasteiger partial charge in [-0.15, -0.1) is 0 Å². The first-order valence-corrected chi connectivity index (χ1v) is 6.31. The zero-order valence-electron chi connectivity index (χ0n) is 6.61. The predicted molar refractivity (Wildman–Crippen MR) is 48.0 cm³/mol. The van der Waals surface area contributed by atoms with Crippen LogP contribution in [0, 0.1) is 0 Å². The normalized spacial score (nSPS) is 39.7. The summed E-state index contributed by atoms with van der Waals surface area (Å²) in [7, 11) is -3.79. The standard InChI is InChI=1S/C6H12BrO4P/c7-6-4-2-1-3-5-10-12(8,9)11-6/h6H,1-5H2,(H,8,9). The SMILES string of the molecule is O=P1(O)OCCCCCC(Br)O1. The van der Waals surface area contributed by atoms with Gasteiger partial charge in [-0.3, -0.25) is 9.05 Å². The van der Waals surface area contributed by atoms with Crippen LogP contribution in [0.5, 0.6) is 0 Å². The van der Waals surface area contributed by atoms with E-state index < -0.39 is 7.82 Å². The van der Waals surface area contributed by atoms with Gasteiger partial charge in [0, 0.05) is 0 Å². The van der Waals surface area contributed by atoms with E-state index in [1.807, 2.05) is 0 Å². The van der Waals surface area contributed by atoms with E-state index in [-0.39, 0.29) is 5.01 Å². The van der Waals surface area contributed by atoms with E-state index in [1.54, 1.807) is 0 Å². The van der Waals surface area contributed by atoms with E-state index in [2.05, 4.69) is 20.5 Å². The van der Waals surface area contributed by atoms with Crippen LogP contribution < -0.4 is 0 Å². The van der Waals surface area contributed by atoms with Crippen LogP contribution in [0.15, 0.2) is 0 Å². The van der Waals surface area contributed by atoms with Crippen LogP contribution >= 0.6 is 23.8 Å². The molecule has 12 heavy (non-hydrogen) atoms.